The Bertz CT molecular complexity index is 1190. The molecule has 2 heterocycles. The van der Waals surface area contributed by atoms with Crippen LogP contribution in [0.15, 0.2) is 60.0 Å². The van der Waals surface area contributed by atoms with E-state index in [0.29, 0.717) is 22.7 Å². The largest absolute Gasteiger partial charge is 0.497 e. The van der Waals surface area contributed by atoms with Gasteiger partial charge in [0.15, 0.2) is 0 Å². The van der Waals surface area contributed by atoms with Crippen LogP contribution in [0.3, 0.4) is 0 Å². The van der Waals surface area contributed by atoms with Crippen LogP contribution in [0.1, 0.15) is 58.4 Å². The maximum Gasteiger partial charge on any atom is 0.254 e. The molecule has 0 radical (unpaired) electrons. The van der Waals surface area contributed by atoms with Crippen LogP contribution in [-0.2, 0) is 4.79 Å². The van der Waals surface area contributed by atoms with E-state index in [1.807, 2.05) is 46.7 Å². The van der Waals surface area contributed by atoms with Gasteiger partial charge in [-0.25, -0.2) is 0 Å². The van der Waals surface area contributed by atoms with E-state index in [4.69, 9.17) is 9.47 Å². The van der Waals surface area contributed by atoms with Gasteiger partial charge in [-0.3, -0.25) is 9.59 Å². The van der Waals surface area contributed by atoms with Crippen LogP contribution in [0.2, 0.25) is 0 Å². The molecule has 2 aliphatic rings. The highest BCUT2D eigenvalue weighted by molar-refractivity contribution is 7.10. The fraction of sp³-hybridized carbons (Fsp3) is 0.333. The summed E-state index contributed by atoms with van der Waals surface area (Å²) >= 11 is 1.59. The van der Waals surface area contributed by atoms with E-state index in [1.54, 1.807) is 43.8 Å². The minimum absolute atomic E-state index is 0.0204. The van der Waals surface area contributed by atoms with Gasteiger partial charge in [-0.1, -0.05) is 37.1 Å². The number of carbonyl (C=O) groups excluding carboxylic acids is 2. The van der Waals surface area contributed by atoms with Crippen molar-refractivity contribution in [2.75, 3.05) is 19.5 Å². The molecule has 1 N–H and O–H groups in total. The minimum Gasteiger partial charge on any atom is -0.497 e. The number of thiophene rings is 1. The second kappa shape index (κ2) is 9.50. The summed E-state index contributed by atoms with van der Waals surface area (Å²) in [6.45, 7) is 0. The lowest BCUT2D eigenvalue weighted by atomic mass is 9.80. The summed E-state index contributed by atoms with van der Waals surface area (Å²) in [6.07, 6.45) is 4.15. The molecule has 7 heteroatoms. The molecular formula is C27H28N2O4S. The molecule has 1 aliphatic carbocycles. The first-order chi connectivity index (χ1) is 16.6. The fourth-order valence-electron chi connectivity index (χ4n) is 5.29. The van der Waals surface area contributed by atoms with Crippen molar-refractivity contribution in [2.24, 2.45) is 0 Å². The number of rotatable bonds is 6. The van der Waals surface area contributed by atoms with Gasteiger partial charge in [0.1, 0.15) is 11.5 Å². The number of methoxy groups -OCH3 is 2. The second-order valence-electron chi connectivity index (χ2n) is 8.73. The summed E-state index contributed by atoms with van der Waals surface area (Å²) in [5.41, 5.74) is 1.95. The molecule has 2 aromatic carbocycles. The Balaban J connectivity index is 1.60. The predicted octanol–water partition coefficient (Wildman–Crippen LogP) is 5.63. The number of ether oxygens (including phenoxy) is 2. The Morgan fingerprint density at radius 2 is 1.82 bits per heavy atom. The first-order valence-corrected chi connectivity index (χ1v) is 12.5. The summed E-state index contributed by atoms with van der Waals surface area (Å²) in [4.78, 5) is 30.8. The van der Waals surface area contributed by atoms with Crippen molar-refractivity contribution in [1.82, 2.24) is 4.90 Å². The molecule has 1 aromatic heterocycles. The first kappa shape index (κ1) is 22.5. The van der Waals surface area contributed by atoms with E-state index < -0.39 is 5.92 Å². The number of nitrogens with one attached hydrogen (secondary N) is 1. The number of nitrogens with zero attached hydrogens (tertiary/aromatic N) is 1. The van der Waals surface area contributed by atoms with E-state index in [9.17, 15) is 9.59 Å². The van der Waals surface area contributed by atoms with Gasteiger partial charge in [-0.2, -0.15) is 0 Å². The molecule has 5 rings (SSSR count). The molecule has 176 valence electrons. The average molecular weight is 477 g/mol. The highest BCUT2D eigenvalue weighted by atomic mass is 32.1. The standard InChI is InChI=1S/C27H28N2O4S/c1-32-18-13-14-21(22(16-18)33-2)28-26(30)24-19-10-5-6-11-20(19)27(31)29(17-8-3-4-9-17)25(24)23-12-7-15-34-23/h5-7,10-17,24-25H,3-4,8-9H2,1-2H3,(H,28,30)/t24-,25-/m0/s1. The molecule has 2 amide bonds. The SMILES string of the molecule is COc1ccc(NC(=O)[C@H]2c3ccccc3C(=O)N(C3CCCC3)[C@H]2c2cccs2)c(OC)c1. The molecule has 3 aromatic rings. The van der Waals surface area contributed by atoms with Gasteiger partial charge in [0.25, 0.3) is 5.91 Å². The van der Waals surface area contributed by atoms with Gasteiger partial charge in [0.05, 0.1) is 31.9 Å². The first-order valence-electron chi connectivity index (χ1n) is 11.6. The zero-order valence-electron chi connectivity index (χ0n) is 19.3. The van der Waals surface area contributed by atoms with Gasteiger partial charge in [-0.15, -0.1) is 11.3 Å². The monoisotopic (exact) mass is 476 g/mol. The molecule has 1 aliphatic heterocycles. The Hall–Kier alpha value is -3.32. The van der Waals surface area contributed by atoms with Crippen molar-refractivity contribution >= 4 is 28.8 Å². The number of hydrogen-bond acceptors (Lipinski definition) is 5. The molecular weight excluding hydrogens is 448 g/mol. The van der Waals surface area contributed by atoms with E-state index in [1.165, 1.54) is 0 Å². The van der Waals surface area contributed by atoms with Crippen molar-refractivity contribution in [3.8, 4) is 11.5 Å². The number of fused-ring (bicyclic) bond motifs is 1. The highest BCUT2D eigenvalue weighted by Gasteiger charge is 2.47. The van der Waals surface area contributed by atoms with Crippen LogP contribution in [0.4, 0.5) is 5.69 Å². The number of carbonyl (C=O) groups is 2. The number of hydrogen-bond donors (Lipinski definition) is 1. The van der Waals surface area contributed by atoms with Crippen molar-refractivity contribution in [3.05, 3.63) is 76.0 Å². The summed E-state index contributed by atoms with van der Waals surface area (Å²) < 4.78 is 10.8. The van der Waals surface area contributed by atoms with Crippen LogP contribution in [0.25, 0.3) is 0 Å². The van der Waals surface area contributed by atoms with Gasteiger partial charge in [0.2, 0.25) is 5.91 Å². The Morgan fingerprint density at radius 1 is 1.03 bits per heavy atom. The average Bonchev–Trinajstić information content (AvgIpc) is 3.59. The Morgan fingerprint density at radius 3 is 2.53 bits per heavy atom. The molecule has 6 nitrogen and oxygen atoms in total. The Kier molecular flexibility index (Phi) is 6.28. The van der Waals surface area contributed by atoms with Crippen LogP contribution < -0.4 is 14.8 Å². The lowest BCUT2D eigenvalue weighted by Gasteiger charge is -2.44. The van der Waals surface area contributed by atoms with Crippen LogP contribution in [-0.4, -0.2) is 37.0 Å². The summed E-state index contributed by atoms with van der Waals surface area (Å²) in [5, 5.41) is 5.10. The third-order valence-corrected chi connectivity index (χ3v) is 7.82. The van der Waals surface area contributed by atoms with Crippen LogP contribution >= 0.6 is 11.3 Å². The van der Waals surface area contributed by atoms with E-state index in [2.05, 4.69) is 5.32 Å². The zero-order chi connectivity index (χ0) is 23.7. The molecule has 0 bridgehead atoms. The Labute approximate surface area is 203 Å². The van der Waals surface area contributed by atoms with Crippen molar-refractivity contribution in [1.29, 1.82) is 0 Å². The number of benzene rings is 2. The van der Waals surface area contributed by atoms with Gasteiger partial charge in [-0.05, 0) is 48.1 Å². The molecule has 1 saturated carbocycles. The van der Waals surface area contributed by atoms with Crippen LogP contribution in [0.5, 0.6) is 11.5 Å². The molecule has 0 spiro atoms. The molecule has 0 saturated heterocycles. The molecule has 34 heavy (non-hydrogen) atoms. The highest BCUT2D eigenvalue weighted by Crippen LogP contribution is 2.47. The predicted molar refractivity (Wildman–Crippen MR) is 133 cm³/mol. The summed E-state index contributed by atoms with van der Waals surface area (Å²) in [6, 6.07) is 16.7. The normalized spacial score (nSPS) is 20.2. The second-order valence-corrected chi connectivity index (χ2v) is 9.71. The topological polar surface area (TPSA) is 67.9 Å². The fourth-order valence-corrected chi connectivity index (χ4v) is 6.15. The van der Waals surface area contributed by atoms with Crippen molar-refractivity contribution in [2.45, 2.75) is 43.7 Å². The van der Waals surface area contributed by atoms with Gasteiger partial charge < -0.3 is 19.7 Å². The number of amides is 2. The van der Waals surface area contributed by atoms with Gasteiger partial charge in [0, 0.05) is 22.5 Å². The number of anilines is 1. The van der Waals surface area contributed by atoms with Crippen molar-refractivity contribution < 1.29 is 19.1 Å². The van der Waals surface area contributed by atoms with Crippen molar-refractivity contribution in [3.63, 3.8) is 0 Å². The maximum absolute atomic E-state index is 14.0. The van der Waals surface area contributed by atoms with Crippen LogP contribution in [0, 0.1) is 0 Å². The minimum atomic E-state index is -0.542. The third kappa shape index (κ3) is 3.94. The summed E-state index contributed by atoms with van der Waals surface area (Å²) in [5.74, 6) is 0.484. The van der Waals surface area contributed by atoms with Gasteiger partial charge >= 0.3 is 0 Å². The molecule has 0 unspecified atom stereocenters. The quantitative estimate of drug-likeness (QED) is 0.501. The smallest absolute Gasteiger partial charge is 0.254 e. The van der Waals surface area contributed by atoms with E-state index in [0.717, 1.165) is 36.1 Å². The molecule has 1 fully saturated rings. The third-order valence-electron chi connectivity index (χ3n) is 6.88. The maximum atomic E-state index is 14.0. The zero-order valence-corrected chi connectivity index (χ0v) is 20.1. The van der Waals surface area contributed by atoms with E-state index >= 15 is 0 Å². The lowest BCUT2D eigenvalue weighted by Crippen LogP contribution is -2.49. The molecule has 2 atom stereocenters. The van der Waals surface area contributed by atoms with E-state index in [-0.39, 0.29) is 23.9 Å². The lowest BCUT2D eigenvalue weighted by molar-refractivity contribution is -0.119. The summed E-state index contributed by atoms with van der Waals surface area (Å²) in [7, 11) is 3.15.